The predicted octanol–water partition coefficient (Wildman–Crippen LogP) is 2.88. The molecular weight excluding hydrogens is 163 g/mol. The number of hydrogen-bond acceptors (Lipinski definition) is 2. The smallest absolute Gasteiger partial charge is 0.411 e. The van der Waals surface area contributed by atoms with Gasteiger partial charge in [-0.05, 0) is 12.7 Å². The van der Waals surface area contributed by atoms with Gasteiger partial charge in [0.1, 0.15) is 0 Å². The molecule has 1 heterocycles. The Morgan fingerprint density at radius 2 is 1.69 bits per heavy atom. The zero-order valence-corrected chi connectivity index (χ0v) is 8.76. The van der Waals surface area contributed by atoms with Crippen LogP contribution < -0.4 is 0 Å². The first kappa shape index (κ1) is 11.1. The van der Waals surface area contributed by atoms with E-state index in [2.05, 4.69) is 6.92 Å². The lowest BCUT2D eigenvalue weighted by molar-refractivity contribution is 0.133. The summed E-state index contributed by atoms with van der Waals surface area (Å²) in [6.45, 7) is 4.02. The molecule has 0 N–H and O–H groups in total. The zero-order valence-electron chi connectivity index (χ0n) is 8.76. The minimum absolute atomic E-state index is 0.107. The van der Waals surface area contributed by atoms with E-state index in [0.717, 1.165) is 26.0 Å². The molecule has 1 fully saturated rings. The fourth-order valence-corrected chi connectivity index (χ4v) is 1.62. The molecule has 1 aliphatic rings. The van der Waals surface area contributed by atoms with Crippen LogP contribution in [0.5, 0.6) is 0 Å². The van der Waals surface area contributed by atoms with Crippen LogP contribution in [-0.4, -0.2) is 20.3 Å². The second-order valence-corrected chi connectivity index (χ2v) is 3.73. The molecule has 13 heavy (non-hydrogen) atoms. The van der Waals surface area contributed by atoms with Crippen molar-refractivity contribution in [1.82, 2.24) is 0 Å². The Bertz CT molecular complexity index is 113. The van der Waals surface area contributed by atoms with Crippen molar-refractivity contribution < 1.29 is 9.31 Å². The standard InChI is InChI=1S/C10H21BO2/c1-2-3-4-5-6-8-11-12-9-7-10-13-11/h2-10H2,1H3. The predicted molar refractivity (Wildman–Crippen MR) is 55.8 cm³/mol. The molecule has 0 spiro atoms. The van der Waals surface area contributed by atoms with Gasteiger partial charge in [0.05, 0.1) is 0 Å². The first-order valence-electron chi connectivity index (χ1n) is 5.66. The summed E-state index contributed by atoms with van der Waals surface area (Å²) in [5.41, 5.74) is 0. The lowest BCUT2D eigenvalue weighted by Gasteiger charge is -2.19. The molecule has 2 nitrogen and oxygen atoms in total. The van der Waals surface area contributed by atoms with E-state index in [1.165, 1.54) is 32.1 Å². The first-order valence-corrected chi connectivity index (χ1v) is 5.66. The van der Waals surface area contributed by atoms with Gasteiger partial charge in [-0.15, -0.1) is 0 Å². The Kier molecular flexibility index (Phi) is 6.29. The van der Waals surface area contributed by atoms with Crippen molar-refractivity contribution in [2.45, 2.75) is 51.8 Å². The normalized spacial score (nSPS) is 17.8. The molecule has 3 heteroatoms. The van der Waals surface area contributed by atoms with Gasteiger partial charge in [0.2, 0.25) is 0 Å². The van der Waals surface area contributed by atoms with E-state index in [1.54, 1.807) is 0 Å². The van der Waals surface area contributed by atoms with Crippen molar-refractivity contribution in [3.8, 4) is 0 Å². The quantitative estimate of drug-likeness (QED) is 0.466. The number of unbranched alkanes of at least 4 members (excludes halogenated alkanes) is 4. The monoisotopic (exact) mass is 184 g/mol. The average Bonchev–Trinajstić information content (AvgIpc) is 2.19. The van der Waals surface area contributed by atoms with E-state index in [9.17, 15) is 0 Å². The van der Waals surface area contributed by atoms with Crippen LogP contribution in [0.2, 0.25) is 6.32 Å². The number of hydrogen-bond donors (Lipinski definition) is 0. The molecule has 0 aromatic rings. The van der Waals surface area contributed by atoms with Crippen molar-refractivity contribution in [2.24, 2.45) is 0 Å². The fourth-order valence-electron chi connectivity index (χ4n) is 1.62. The Morgan fingerprint density at radius 3 is 2.38 bits per heavy atom. The summed E-state index contributed by atoms with van der Waals surface area (Å²) in [5, 5.41) is 0. The molecule has 0 radical (unpaired) electrons. The highest BCUT2D eigenvalue weighted by Gasteiger charge is 2.20. The van der Waals surface area contributed by atoms with Gasteiger partial charge in [-0.2, -0.15) is 0 Å². The molecule has 0 saturated carbocycles. The largest absolute Gasteiger partial charge is 0.456 e. The Morgan fingerprint density at radius 1 is 1.00 bits per heavy atom. The van der Waals surface area contributed by atoms with Crippen molar-refractivity contribution >= 4 is 7.12 Å². The van der Waals surface area contributed by atoms with Crippen LogP contribution >= 0.6 is 0 Å². The molecule has 76 valence electrons. The van der Waals surface area contributed by atoms with E-state index < -0.39 is 0 Å². The number of rotatable bonds is 6. The molecule has 0 unspecified atom stereocenters. The van der Waals surface area contributed by atoms with E-state index in [4.69, 9.17) is 9.31 Å². The third kappa shape index (κ3) is 5.32. The molecule has 0 aliphatic carbocycles. The minimum Gasteiger partial charge on any atom is -0.411 e. The van der Waals surface area contributed by atoms with Gasteiger partial charge >= 0.3 is 7.12 Å². The lowest BCUT2D eigenvalue weighted by atomic mass is 9.81. The van der Waals surface area contributed by atoms with Crippen molar-refractivity contribution in [1.29, 1.82) is 0 Å². The molecule has 1 rings (SSSR count). The van der Waals surface area contributed by atoms with E-state index in [-0.39, 0.29) is 7.12 Å². The summed E-state index contributed by atoms with van der Waals surface area (Å²) in [4.78, 5) is 0. The average molecular weight is 184 g/mol. The van der Waals surface area contributed by atoms with Gasteiger partial charge in [0.25, 0.3) is 0 Å². The van der Waals surface area contributed by atoms with Gasteiger partial charge in [-0.1, -0.05) is 39.0 Å². The van der Waals surface area contributed by atoms with Crippen LogP contribution in [0.25, 0.3) is 0 Å². The third-order valence-corrected chi connectivity index (χ3v) is 2.44. The highest BCUT2D eigenvalue weighted by atomic mass is 16.6. The summed E-state index contributed by atoms with van der Waals surface area (Å²) in [6, 6.07) is 0. The summed E-state index contributed by atoms with van der Waals surface area (Å²) in [7, 11) is 0.107. The van der Waals surface area contributed by atoms with E-state index in [1.807, 2.05) is 0 Å². The van der Waals surface area contributed by atoms with Gasteiger partial charge < -0.3 is 9.31 Å². The topological polar surface area (TPSA) is 18.5 Å². The van der Waals surface area contributed by atoms with Crippen LogP contribution in [0.4, 0.5) is 0 Å². The van der Waals surface area contributed by atoms with E-state index >= 15 is 0 Å². The maximum atomic E-state index is 5.46. The molecular formula is C10H21BO2. The van der Waals surface area contributed by atoms with Crippen LogP contribution in [0.15, 0.2) is 0 Å². The molecule has 0 aromatic carbocycles. The summed E-state index contributed by atoms with van der Waals surface area (Å²) in [5.74, 6) is 0. The lowest BCUT2D eigenvalue weighted by Crippen LogP contribution is -2.29. The fraction of sp³-hybridized carbons (Fsp3) is 1.00. The van der Waals surface area contributed by atoms with Crippen LogP contribution in [0.3, 0.4) is 0 Å². The van der Waals surface area contributed by atoms with Gasteiger partial charge in [-0.25, -0.2) is 0 Å². The second kappa shape index (κ2) is 7.39. The maximum Gasteiger partial charge on any atom is 0.456 e. The van der Waals surface area contributed by atoms with Crippen LogP contribution in [-0.2, 0) is 9.31 Å². The van der Waals surface area contributed by atoms with Crippen LogP contribution in [0.1, 0.15) is 45.4 Å². The SMILES string of the molecule is CCCCCCCB1OCCCO1. The highest BCUT2D eigenvalue weighted by Crippen LogP contribution is 2.11. The van der Waals surface area contributed by atoms with Crippen molar-refractivity contribution in [3.63, 3.8) is 0 Å². The summed E-state index contributed by atoms with van der Waals surface area (Å²) < 4.78 is 10.9. The second-order valence-electron chi connectivity index (χ2n) is 3.73. The molecule has 0 aromatic heterocycles. The Hall–Kier alpha value is -0.0151. The van der Waals surface area contributed by atoms with Gasteiger partial charge in [-0.3, -0.25) is 0 Å². The Balaban J connectivity index is 1.86. The molecule has 1 saturated heterocycles. The van der Waals surface area contributed by atoms with Gasteiger partial charge in [0.15, 0.2) is 0 Å². The summed E-state index contributed by atoms with van der Waals surface area (Å²) >= 11 is 0. The zero-order chi connectivity index (χ0) is 9.36. The van der Waals surface area contributed by atoms with Gasteiger partial charge in [0, 0.05) is 13.2 Å². The molecule has 0 atom stereocenters. The molecule has 1 aliphatic heterocycles. The first-order chi connectivity index (χ1) is 6.43. The molecule has 0 amide bonds. The summed E-state index contributed by atoms with van der Waals surface area (Å²) in [6.07, 6.45) is 8.78. The van der Waals surface area contributed by atoms with Crippen LogP contribution in [0, 0.1) is 0 Å². The minimum atomic E-state index is 0.107. The van der Waals surface area contributed by atoms with E-state index in [0.29, 0.717) is 0 Å². The Labute approximate surface area is 82.1 Å². The van der Waals surface area contributed by atoms with Crippen molar-refractivity contribution in [3.05, 3.63) is 0 Å². The third-order valence-electron chi connectivity index (χ3n) is 2.44. The highest BCUT2D eigenvalue weighted by molar-refractivity contribution is 6.44. The molecule has 0 bridgehead atoms. The maximum absolute atomic E-state index is 5.46. The van der Waals surface area contributed by atoms with Crippen molar-refractivity contribution in [2.75, 3.05) is 13.2 Å².